The number of carbonyl (C=O) groups is 1. The van der Waals surface area contributed by atoms with Crippen LogP contribution in [0.4, 0.5) is 5.69 Å². The van der Waals surface area contributed by atoms with Crippen molar-refractivity contribution in [3.63, 3.8) is 0 Å². The highest BCUT2D eigenvalue weighted by Crippen LogP contribution is 2.28. The molecule has 2 aromatic rings. The topological polar surface area (TPSA) is 85.7 Å². The molecule has 2 heterocycles. The highest BCUT2D eigenvalue weighted by molar-refractivity contribution is 5.99. The molecule has 1 saturated heterocycles. The fourth-order valence-electron chi connectivity index (χ4n) is 3.27. The van der Waals surface area contributed by atoms with Gasteiger partial charge in [0.2, 0.25) is 0 Å². The molecule has 0 bridgehead atoms. The molecule has 0 radical (unpaired) electrons. The summed E-state index contributed by atoms with van der Waals surface area (Å²) in [5, 5.41) is 7.04. The fourth-order valence-corrected chi connectivity index (χ4v) is 3.27. The van der Waals surface area contributed by atoms with E-state index in [-0.39, 0.29) is 11.5 Å². The normalized spacial score (nSPS) is 16.3. The molecule has 1 atom stereocenters. The molecule has 1 fully saturated rings. The minimum atomic E-state index is -0.224. The minimum Gasteiger partial charge on any atom is -0.496 e. The summed E-state index contributed by atoms with van der Waals surface area (Å²) in [6.07, 6.45) is 2.63. The number of amides is 1. The van der Waals surface area contributed by atoms with Gasteiger partial charge in [0.1, 0.15) is 17.1 Å². The van der Waals surface area contributed by atoms with Crippen molar-refractivity contribution >= 4 is 11.6 Å². The Balaban J connectivity index is 1.62. The van der Waals surface area contributed by atoms with E-state index in [2.05, 4.69) is 15.3 Å². The molecule has 1 amide bonds. The number of aromatic nitrogens is 2. The number of aryl methyl sites for hydroxylation is 1. The summed E-state index contributed by atoms with van der Waals surface area (Å²) >= 11 is 0. The van der Waals surface area contributed by atoms with E-state index in [9.17, 15) is 9.59 Å². The molecule has 27 heavy (non-hydrogen) atoms. The summed E-state index contributed by atoms with van der Waals surface area (Å²) in [5.74, 6) is 1.02. The summed E-state index contributed by atoms with van der Waals surface area (Å²) in [6.45, 7) is 2.13. The average molecular weight is 372 g/mol. The standard InChI is InChI=1S/C19H24N4O4/c1-22-17(24)9-14(11-21-22)23-8-7-13(12-23)10-20-19(25)18-15(26-2)5-4-6-16(18)27-3/h4-6,9,11,13H,7-8,10,12H2,1-3H3,(H,20,25). The second-order valence-electron chi connectivity index (χ2n) is 6.52. The molecule has 0 aliphatic carbocycles. The van der Waals surface area contributed by atoms with Crippen LogP contribution in [-0.2, 0) is 7.05 Å². The Kier molecular flexibility index (Phi) is 5.63. The van der Waals surface area contributed by atoms with Crippen molar-refractivity contribution in [3.8, 4) is 11.5 Å². The van der Waals surface area contributed by atoms with Gasteiger partial charge in [-0.2, -0.15) is 5.10 Å². The van der Waals surface area contributed by atoms with Gasteiger partial charge in [-0.25, -0.2) is 4.68 Å². The molecule has 144 valence electrons. The fraction of sp³-hybridized carbons (Fsp3) is 0.421. The second kappa shape index (κ2) is 8.11. The first-order chi connectivity index (χ1) is 13.0. The summed E-state index contributed by atoms with van der Waals surface area (Å²) < 4.78 is 11.9. The van der Waals surface area contributed by atoms with Gasteiger partial charge in [0.25, 0.3) is 11.5 Å². The van der Waals surface area contributed by atoms with Crippen molar-refractivity contribution in [1.82, 2.24) is 15.1 Å². The Morgan fingerprint density at radius 2 is 2.00 bits per heavy atom. The minimum absolute atomic E-state index is 0.132. The zero-order valence-corrected chi connectivity index (χ0v) is 15.8. The van der Waals surface area contributed by atoms with Gasteiger partial charge in [-0.1, -0.05) is 6.07 Å². The maximum Gasteiger partial charge on any atom is 0.268 e. The third kappa shape index (κ3) is 4.05. The van der Waals surface area contributed by atoms with Gasteiger partial charge in [0.05, 0.1) is 26.1 Å². The number of rotatable bonds is 6. The first kappa shape index (κ1) is 18.8. The number of benzene rings is 1. The van der Waals surface area contributed by atoms with E-state index in [1.54, 1.807) is 37.5 Å². The van der Waals surface area contributed by atoms with Crippen molar-refractivity contribution in [1.29, 1.82) is 0 Å². The average Bonchev–Trinajstić information content (AvgIpc) is 3.16. The Labute approximate surface area is 157 Å². The van der Waals surface area contributed by atoms with E-state index in [4.69, 9.17) is 9.47 Å². The smallest absolute Gasteiger partial charge is 0.268 e. The Morgan fingerprint density at radius 1 is 1.30 bits per heavy atom. The molecule has 1 unspecified atom stereocenters. The summed E-state index contributed by atoms with van der Waals surface area (Å²) in [4.78, 5) is 26.5. The highest BCUT2D eigenvalue weighted by Gasteiger charge is 2.25. The first-order valence-electron chi connectivity index (χ1n) is 8.81. The lowest BCUT2D eigenvalue weighted by Gasteiger charge is -2.18. The van der Waals surface area contributed by atoms with Gasteiger partial charge in [-0.3, -0.25) is 9.59 Å². The van der Waals surface area contributed by atoms with Gasteiger partial charge in [0.15, 0.2) is 0 Å². The van der Waals surface area contributed by atoms with Crippen LogP contribution in [0.2, 0.25) is 0 Å². The molecule has 1 aliphatic heterocycles. The zero-order chi connectivity index (χ0) is 19.4. The molecular weight excluding hydrogens is 348 g/mol. The number of hydrogen-bond donors (Lipinski definition) is 1. The van der Waals surface area contributed by atoms with Crippen LogP contribution in [0.15, 0.2) is 35.3 Å². The maximum absolute atomic E-state index is 12.7. The molecule has 1 aromatic heterocycles. The highest BCUT2D eigenvalue weighted by atomic mass is 16.5. The van der Waals surface area contributed by atoms with E-state index in [1.807, 2.05) is 0 Å². The predicted molar refractivity (Wildman–Crippen MR) is 102 cm³/mol. The van der Waals surface area contributed by atoms with Crippen LogP contribution < -0.4 is 25.2 Å². The van der Waals surface area contributed by atoms with Crippen molar-refractivity contribution in [2.75, 3.05) is 38.8 Å². The molecule has 1 aromatic carbocycles. The van der Waals surface area contributed by atoms with Gasteiger partial charge in [-0.05, 0) is 24.5 Å². The zero-order valence-electron chi connectivity index (χ0n) is 15.8. The van der Waals surface area contributed by atoms with Gasteiger partial charge >= 0.3 is 0 Å². The number of methoxy groups -OCH3 is 2. The predicted octanol–water partition coefficient (Wildman–Crippen LogP) is 1.05. The summed E-state index contributed by atoms with van der Waals surface area (Å²) in [7, 11) is 4.68. The quantitative estimate of drug-likeness (QED) is 0.816. The van der Waals surface area contributed by atoms with Crippen molar-refractivity contribution in [2.45, 2.75) is 6.42 Å². The number of carbonyl (C=O) groups excluding carboxylic acids is 1. The van der Waals surface area contributed by atoms with E-state index in [0.717, 1.165) is 25.2 Å². The largest absolute Gasteiger partial charge is 0.496 e. The van der Waals surface area contributed by atoms with Crippen LogP contribution in [0.3, 0.4) is 0 Å². The first-order valence-corrected chi connectivity index (χ1v) is 8.81. The second-order valence-corrected chi connectivity index (χ2v) is 6.52. The number of anilines is 1. The molecular formula is C19H24N4O4. The van der Waals surface area contributed by atoms with Crippen molar-refractivity contribution in [2.24, 2.45) is 13.0 Å². The van der Waals surface area contributed by atoms with Gasteiger partial charge in [-0.15, -0.1) is 0 Å². The summed E-state index contributed by atoms with van der Waals surface area (Å²) in [6, 6.07) is 6.84. The van der Waals surface area contributed by atoms with Crippen LogP contribution in [0.1, 0.15) is 16.8 Å². The SMILES string of the molecule is COc1cccc(OC)c1C(=O)NCC1CCN(c2cnn(C)c(=O)c2)C1. The molecule has 0 spiro atoms. The monoisotopic (exact) mass is 372 g/mol. The molecule has 3 rings (SSSR count). The molecule has 1 N–H and O–H groups in total. The van der Waals surface area contributed by atoms with Crippen LogP contribution in [0.5, 0.6) is 11.5 Å². The van der Waals surface area contributed by atoms with E-state index < -0.39 is 0 Å². The van der Waals surface area contributed by atoms with Gasteiger partial charge < -0.3 is 19.7 Å². The number of nitrogens with one attached hydrogen (secondary N) is 1. The number of hydrogen-bond acceptors (Lipinski definition) is 6. The molecule has 8 heteroatoms. The van der Waals surface area contributed by atoms with Crippen molar-refractivity contribution < 1.29 is 14.3 Å². The molecule has 1 aliphatic rings. The third-order valence-corrected chi connectivity index (χ3v) is 4.81. The van der Waals surface area contributed by atoms with Crippen LogP contribution in [0, 0.1) is 5.92 Å². The summed E-state index contributed by atoms with van der Waals surface area (Å²) in [5.41, 5.74) is 1.08. The third-order valence-electron chi connectivity index (χ3n) is 4.81. The Bertz CT molecular complexity index is 858. The lowest BCUT2D eigenvalue weighted by atomic mass is 10.1. The Morgan fingerprint density at radius 3 is 2.63 bits per heavy atom. The van der Waals surface area contributed by atoms with E-state index in [1.165, 1.54) is 18.9 Å². The lowest BCUT2D eigenvalue weighted by molar-refractivity contribution is 0.0942. The van der Waals surface area contributed by atoms with Crippen LogP contribution >= 0.6 is 0 Å². The Hall–Kier alpha value is -3.03. The van der Waals surface area contributed by atoms with Gasteiger partial charge in [0, 0.05) is 32.7 Å². The maximum atomic E-state index is 12.7. The molecule has 0 saturated carbocycles. The number of ether oxygens (including phenoxy) is 2. The number of nitrogens with zero attached hydrogens (tertiary/aromatic N) is 3. The molecule has 8 nitrogen and oxygen atoms in total. The van der Waals surface area contributed by atoms with E-state index >= 15 is 0 Å². The van der Waals surface area contributed by atoms with Crippen LogP contribution in [-0.4, -0.2) is 49.5 Å². The van der Waals surface area contributed by atoms with E-state index in [0.29, 0.717) is 29.5 Å². The lowest BCUT2D eigenvalue weighted by Crippen LogP contribution is -2.32. The van der Waals surface area contributed by atoms with Crippen molar-refractivity contribution in [3.05, 3.63) is 46.4 Å². The van der Waals surface area contributed by atoms with Crippen LogP contribution in [0.25, 0.3) is 0 Å².